The molecule has 0 aliphatic heterocycles. The van der Waals surface area contributed by atoms with Crippen LogP contribution in [0.3, 0.4) is 0 Å². The molecular weight excluding hydrogens is 196 g/mol. The van der Waals surface area contributed by atoms with Crippen molar-refractivity contribution < 1.29 is 4.79 Å². The summed E-state index contributed by atoms with van der Waals surface area (Å²) in [6.45, 7) is 4.11. The molecule has 0 spiro atoms. The fourth-order valence-corrected chi connectivity index (χ4v) is 1.57. The van der Waals surface area contributed by atoms with Crippen LogP contribution in [0.1, 0.15) is 33.1 Å². The summed E-state index contributed by atoms with van der Waals surface area (Å²) in [5.41, 5.74) is 3.12. The van der Waals surface area contributed by atoms with E-state index in [-0.39, 0.29) is 5.24 Å². The summed E-state index contributed by atoms with van der Waals surface area (Å²) in [6.07, 6.45) is 8.87. The number of carbonyl (C=O) groups is 1. The first kappa shape index (κ1) is 11.3. The molecule has 0 radical (unpaired) electrons. The maximum Gasteiger partial charge on any atom is 0.252 e. The van der Waals surface area contributed by atoms with Gasteiger partial charge in [0.1, 0.15) is 0 Å². The zero-order valence-corrected chi connectivity index (χ0v) is 9.40. The van der Waals surface area contributed by atoms with Crippen molar-refractivity contribution in [1.82, 2.24) is 0 Å². The topological polar surface area (TPSA) is 17.1 Å². The van der Waals surface area contributed by atoms with Gasteiger partial charge in [-0.05, 0) is 44.7 Å². The lowest BCUT2D eigenvalue weighted by molar-refractivity contribution is -0.108. The van der Waals surface area contributed by atoms with Crippen LogP contribution in [0.2, 0.25) is 0 Å². The lowest BCUT2D eigenvalue weighted by atomic mass is 10.1. The van der Waals surface area contributed by atoms with E-state index in [1.54, 1.807) is 0 Å². The summed E-state index contributed by atoms with van der Waals surface area (Å²) >= 11 is 5.48. The van der Waals surface area contributed by atoms with Crippen LogP contribution in [0.5, 0.6) is 0 Å². The molecule has 1 aliphatic rings. The van der Waals surface area contributed by atoms with Crippen molar-refractivity contribution in [3.8, 4) is 0 Å². The van der Waals surface area contributed by atoms with Crippen LogP contribution in [0.4, 0.5) is 0 Å². The molecule has 1 nitrogen and oxygen atoms in total. The minimum absolute atomic E-state index is 0.362. The van der Waals surface area contributed by atoms with Gasteiger partial charge in [-0.25, -0.2) is 0 Å². The van der Waals surface area contributed by atoms with Crippen LogP contribution in [-0.4, -0.2) is 5.24 Å². The molecule has 2 heteroatoms. The second kappa shape index (κ2) is 5.16. The van der Waals surface area contributed by atoms with Gasteiger partial charge in [0.15, 0.2) is 0 Å². The van der Waals surface area contributed by atoms with Gasteiger partial charge in [0.05, 0.1) is 0 Å². The van der Waals surface area contributed by atoms with Crippen molar-refractivity contribution in [2.75, 3.05) is 0 Å². The van der Waals surface area contributed by atoms with E-state index in [9.17, 15) is 4.79 Å². The van der Waals surface area contributed by atoms with E-state index in [1.165, 1.54) is 11.1 Å². The van der Waals surface area contributed by atoms with Gasteiger partial charge < -0.3 is 0 Å². The van der Waals surface area contributed by atoms with Crippen molar-refractivity contribution >= 4 is 16.8 Å². The Morgan fingerprint density at radius 1 is 1.29 bits per heavy atom. The van der Waals surface area contributed by atoms with Crippen molar-refractivity contribution in [2.24, 2.45) is 0 Å². The maximum absolute atomic E-state index is 11.1. The standard InChI is InChI=1S/C12H15ClO/c1-9-4-3-5-10(2)8-11(7-6-9)12(13)14/h4,7-8H,3,5-6H2,1-2H3. The predicted octanol–water partition coefficient (Wildman–Crippen LogP) is 3.75. The minimum atomic E-state index is -0.362. The Balaban J connectivity index is 2.94. The lowest BCUT2D eigenvalue weighted by Gasteiger charge is -1.97. The van der Waals surface area contributed by atoms with Crippen LogP contribution >= 0.6 is 11.6 Å². The Kier molecular flexibility index (Phi) is 4.15. The molecule has 14 heavy (non-hydrogen) atoms. The van der Waals surface area contributed by atoms with Gasteiger partial charge in [0.2, 0.25) is 0 Å². The molecule has 0 heterocycles. The molecule has 0 aromatic heterocycles. The van der Waals surface area contributed by atoms with E-state index in [1.807, 2.05) is 19.1 Å². The van der Waals surface area contributed by atoms with Crippen molar-refractivity contribution in [1.29, 1.82) is 0 Å². The number of halogens is 1. The second-order valence-corrected chi connectivity index (χ2v) is 4.06. The molecule has 1 rings (SSSR count). The molecule has 0 atom stereocenters. The van der Waals surface area contributed by atoms with Crippen molar-refractivity contribution in [3.05, 3.63) is 34.9 Å². The summed E-state index contributed by atoms with van der Waals surface area (Å²) < 4.78 is 0. The minimum Gasteiger partial charge on any atom is -0.276 e. The Morgan fingerprint density at radius 2 is 2.00 bits per heavy atom. The highest BCUT2D eigenvalue weighted by Gasteiger charge is 2.04. The molecule has 0 aromatic rings. The predicted molar refractivity (Wildman–Crippen MR) is 60.3 cm³/mol. The van der Waals surface area contributed by atoms with E-state index in [0.29, 0.717) is 5.57 Å². The van der Waals surface area contributed by atoms with Gasteiger partial charge in [0, 0.05) is 5.57 Å². The van der Waals surface area contributed by atoms with Crippen molar-refractivity contribution in [2.45, 2.75) is 33.1 Å². The highest BCUT2D eigenvalue weighted by molar-refractivity contribution is 6.68. The Hall–Kier alpha value is -0.820. The third-order valence-electron chi connectivity index (χ3n) is 2.30. The van der Waals surface area contributed by atoms with Gasteiger partial charge in [-0.15, -0.1) is 0 Å². The van der Waals surface area contributed by atoms with Crippen LogP contribution in [0, 0.1) is 0 Å². The molecule has 0 aromatic carbocycles. The summed E-state index contributed by atoms with van der Waals surface area (Å²) in [5.74, 6) is 0. The van der Waals surface area contributed by atoms with Crippen molar-refractivity contribution in [3.63, 3.8) is 0 Å². The van der Waals surface area contributed by atoms with E-state index in [4.69, 9.17) is 11.6 Å². The zero-order chi connectivity index (χ0) is 10.6. The third kappa shape index (κ3) is 3.51. The fourth-order valence-electron chi connectivity index (χ4n) is 1.43. The van der Waals surface area contributed by atoms with E-state index >= 15 is 0 Å². The van der Waals surface area contributed by atoms with Gasteiger partial charge in [0.25, 0.3) is 5.24 Å². The zero-order valence-electron chi connectivity index (χ0n) is 8.64. The fraction of sp³-hybridized carbons (Fsp3) is 0.417. The molecule has 1 aliphatic carbocycles. The van der Waals surface area contributed by atoms with Gasteiger partial charge in [-0.1, -0.05) is 29.4 Å². The smallest absolute Gasteiger partial charge is 0.252 e. The lowest BCUT2D eigenvalue weighted by Crippen LogP contribution is -1.91. The quantitative estimate of drug-likeness (QED) is 0.476. The number of hydrogen-bond acceptors (Lipinski definition) is 1. The van der Waals surface area contributed by atoms with Crippen LogP contribution in [0.25, 0.3) is 0 Å². The van der Waals surface area contributed by atoms with Gasteiger partial charge >= 0.3 is 0 Å². The monoisotopic (exact) mass is 210 g/mol. The first-order chi connectivity index (χ1) is 6.59. The summed E-state index contributed by atoms with van der Waals surface area (Å²) in [4.78, 5) is 11.1. The van der Waals surface area contributed by atoms with E-state index in [2.05, 4.69) is 13.0 Å². The average Bonchev–Trinajstić information content (AvgIpc) is 2.17. The number of allylic oxidation sites excluding steroid dienone is 6. The molecule has 0 saturated heterocycles. The Morgan fingerprint density at radius 3 is 2.64 bits per heavy atom. The number of hydrogen-bond donors (Lipinski definition) is 0. The van der Waals surface area contributed by atoms with Crippen LogP contribution < -0.4 is 0 Å². The second-order valence-electron chi connectivity index (χ2n) is 3.72. The largest absolute Gasteiger partial charge is 0.276 e. The molecule has 0 bridgehead atoms. The van der Waals surface area contributed by atoms with Crippen LogP contribution in [-0.2, 0) is 4.79 Å². The summed E-state index contributed by atoms with van der Waals surface area (Å²) in [6, 6.07) is 0. The molecule has 0 fully saturated rings. The summed E-state index contributed by atoms with van der Waals surface area (Å²) in [5, 5.41) is -0.362. The highest BCUT2D eigenvalue weighted by atomic mass is 35.5. The van der Waals surface area contributed by atoms with Gasteiger partial charge in [-0.3, -0.25) is 4.79 Å². The Labute approximate surface area is 90.1 Å². The first-order valence-electron chi connectivity index (χ1n) is 4.82. The van der Waals surface area contributed by atoms with Crippen LogP contribution in [0.15, 0.2) is 34.9 Å². The maximum atomic E-state index is 11.1. The SMILES string of the molecule is CC1=CCCC(C)=CC(C(=O)Cl)=CC1. The molecule has 0 amide bonds. The molecule has 0 unspecified atom stereocenters. The molecule has 0 saturated carbocycles. The first-order valence-corrected chi connectivity index (χ1v) is 5.20. The summed E-state index contributed by atoms with van der Waals surface area (Å²) in [7, 11) is 0. The highest BCUT2D eigenvalue weighted by Crippen LogP contribution is 2.17. The number of rotatable bonds is 1. The Bertz CT molecular complexity index is 321. The third-order valence-corrected chi connectivity index (χ3v) is 2.52. The van der Waals surface area contributed by atoms with E-state index < -0.39 is 0 Å². The number of carbonyl (C=O) groups excluding carboxylic acids is 1. The van der Waals surface area contributed by atoms with Gasteiger partial charge in [-0.2, -0.15) is 0 Å². The van der Waals surface area contributed by atoms with E-state index in [0.717, 1.165) is 19.3 Å². The normalized spacial score (nSPS) is 18.4. The molecular formula is C12H15ClO. The average molecular weight is 211 g/mol. The molecule has 0 N–H and O–H groups in total. The molecule has 76 valence electrons.